The Kier molecular flexibility index (Phi) is 8.21. The lowest BCUT2D eigenvalue weighted by Gasteiger charge is -2.30. The van der Waals surface area contributed by atoms with Gasteiger partial charge in [-0.05, 0) is 42.8 Å². The molecule has 2 aromatic carbocycles. The van der Waals surface area contributed by atoms with E-state index in [9.17, 15) is 32.7 Å². The fourth-order valence-corrected chi connectivity index (χ4v) is 6.86. The van der Waals surface area contributed by atoms with Gasteiger partial charge in [-0.1, -0.05) is 23.7 Å². The van der Waals surface area contributed by atoms with Crippen molar-refractivity contribution in [2.24, 2.45) is 0 Å². The Morgan fingerprint density at radius 1 is 1.22 bits per heavy atom. The number of imidazole rings is 1. The van der Waals surface area contributed by atoms with E-state index >= 15 is 0 Å². The van der Waals surface area contributed by atoms with Gasteiger partial charge in [0.15, 0.2) is 17.7 Å². The third-order valence-corrected chi connectivity index (χ3v) is 9.32. The van der Waals surface area contributed by atoms with Gasteiger partial charge in [0.05, 0.1) is 18.5 Å². The normalized spacial score (nSPS) is 26.0. The van der Waals surface area contributed by atoms with Gasteiger partial charge in [0.25, 0.3) is 0 Å². The number of aliphatic hydroxyl groups excluding tert-OH is 1. The molecule has 1 saturated heterocycles. The van der Waals surface area contributed by atoms with Crippen LogP contribution in [0.5, 0.6) is 5.75 Å². The highest BCUT2D eigenvalue weighted by atomic mass is 35.5. The van der Waals surface area contributed by atoms with Crippen LogP contribution in [0, 0.1) is 0 Å². The number of aromatic nitrogens is 4. The van der Waals surface area contributed by atoms with E-state index in [1.165, 1.54) is 54.5 Å². The Bertz CT molecular complexity index is 1840. The predicted octanol–water partition coefficient (Wildman–Crippen LogP) is 3.68. The van der Waals surface area contributed by atoms with Crippen LogP contribution in [0.15, 0.2) is 55.1 Å². The number of nitrogens with one attached hydrogen (secondary N) is 1. The molecule has 0 bridgehead atoms. The molecule has 0 radical (unpaired) electrons. The first-order chi connectivity index (χ1) is 21.7. The lowest BCUT2D eigenvalue weighted by atomic mass is 9.94. The minimum Gasteiger partial charge on any atom is -0.459 e. The second kappa shape index (κ2) is 11.8. The van der Waals surface area contributed by atoms with Crippen LogP contribution >= 0.6 is 19.3 Å². The van der Waals surface area contributed by atoms with E-state index in [4.69, 9.17) is 35.9 Å². The number of nitrogens with two attached hydrogens (primary N) is 1. The third kappa shape index (κ3) is 5.90. The number of hydrogen-bond donors (Lipinski definition) is 4. The standard InChI is InChI=1S/C27H25ClF3N6O8P/c1-26(40)21(38)18(44-25(26)37-12-35-20-22(32)33-11-34-23(20)37)10-43-46(41,45-14-7-5-13(28)6-8-14)36-19-15-3-2-4-17(27(29,30)31)16(15)9-42-24(19)39/h2-8,11-12,18-19,21,25,38,40H,9-10H2,1H3,(H,36,41)(H2,32,33,34)/t18?,19?,21-,25?,26-,46?/m1/s1. The number of aliphatic hydroxyl groups is 2. The molecule has 6 rings (SSSR count). The molecule has 2 aromatic heterocycles. The van der Waals surface area contributed by atoms with E-state index in [0.29, 0.717) is 5.02 Å². The minimum absolute atomic E-state index is 0.0476. The molecular weight excluding hydrogens is 660 g/mol. The van der Waals surface area contributed by atoms with E-state index in [1.54, 1.807) is 0 Å². The van der Waals surface area contributed by atoms with Crippen molar-refractivity contribution in [1.29, 1.82) is 0 Å². The van der Waals surface area contributed by atoms with Crippen LogP contribution in [0.3, 0.4) is 0 Å². The van der Waals surface area contributed by atoms with Crippen molar-refractivity contribution in [2.75, 3.05) is 12.3 Å². The molecular formula is C27H25ClF3N6O8P. The number of ether oxygens (including phenoxy) is 2. The molecule has 1 fully saturated rings. The summed E-state index contributed by atoms with van der Waals surface area (Å²) in [6, 6.07) is 6.99. The zero-order valence-corrected chi connectivity index (χ0v) is 25.2. The smallest absolute Gasteiger partial charge is 0.459 e. The van der Waals surface area contributed by atoms with E-state index in [-0.39, 0.29) is 33.9 Å². The fraction of sp³-hybridized carbons (Fsp3) is 0.333. The predicted molar refractivity (Wildman–Crippen MR) is 153 cm³/mol. The molecule has 19 heteroatoms. The molecule has 0 amide bonds. The third-order valence-electron chi connectivity index (χ3n) is 7.55. The second-order valence-electron chi connectivity index (χ2n) is 10.7. The lowest BCUT2D eigenvalue weighted by Crippen LogP contribution is -2.44. The summed E-state index contributed by atoms with van der Waals surface area (Å²) in [6.45, 7) is -0.0794. The summed E-state index contributed by atoms with van der Waals surface area (Å²) in [5, 5.41) is 25.0. The van der Waals surface area contributed by atoms with Crippen molar-refractivity contribution in [3.05, 3.63) is 76.8 Å². The largest absolute Gasteiger partial charge is 0.459 e. The molecule has 14 nitrogen and oxygen atoms in total. The zero-order valence-electron chi connectivity index (χ0n) is 23.6. The Morgan fingerprint density at radius 3 is 2.67 bits per heavy atom. The number of fused-ring (bicyclic) bond motifs is 2. The number of halogens is 4. The highest BCUT2D eigenvalue weighted by Crippen LogP contribution is 2.50. The first-order valence-electron chi connectivity index (χ1n) is 13.5. The SMILES string of the molecule is C[C@]1(O)C(n2cnc3c(N)ncnc32)OC(COP(=O)(NC2C(=O)OCc3c2cccc3C(F)(F)F)Oc2ccc(Cl)cc2)[C@H]1O. The minimum atomic E-state index is -4.76. The number of anilines is 1. The summed E-state index contributed by atoms with van der Waals surface area (Å²) < 4.78 is 79.0. The summed E-state index contributed by atoms with van der Waals surface area (Å²) in [6.07, 6.45) is -6.60. The van der Waals surface area contributed by atoms with Crippen LogP contribution in [0.4, 0.5) is 19.0 Å². The summed E-state index contributed by atoms with van der Waals surface area (Å²) >= 11 is 5.94. The number of carbonyl (C=O) groups excluding carboxylic acids is 1. The number of carbonyl (C=O) groups is 1. The molecule has 5 N–H and O–H groups in total. The number of hydrogen-bond acceptors (Lipinski definition) is 12. The molecule has 46 heavy (non-hydrogen) atoms. The average Bonchev–Trinajstić information content (AvgIpc) is 3.52. The van der Waals surface area contributed by atoms with Crippen molar-refractivity contribution in [3.8, 4) is 5.75 Å². The van der Waals surface area contributed by atoms with Crippen LogP contribution in [-0.4, -0.2) is 60.1 Å². The van der Waals surface area contributed by atoms with Gasteiger partial charge in [0.1, 0.15) is 48.1 Å². The lowest BCUT2D eigenvalue weighted by molar-refractivity contribution is -0.152. The average molecular weight is 685 g/mol. The Labute approximate surface area is 262 Å². The highest BCUT2D eigenvalue weighted by molar-refractivity contribution is 7.52. The van der Waals surface area contributed by atoms with Crippen LogP contribution in [-0.2, 0) is 36.1 Å². The first kappa shape index (κ1) is 32.1. The fourth-order valence-electron chi connectivity index (χ4n) is 5.25. The molecule has 4 unspecified atom stereocenters. The highest BCUT2D eigenvalue weighted by Gasteiger charge is 2.54. The number of esters is 1. The van der Waals surface area contributed by atoms with Gasteiger partial charge in [0.2, 0.25) is 0 Å². The monoisotopic (exact) mass is 684 g/mol. The van der Waals surface area contributed by atoms with Gasteiger partial charge in [-0.25, -0.2) is 24.3 Å². The maximum atomic E-state index is 14.3. The Hall–Kier alpha value is -3.83. The van der Waals surface area contributed by atoms with Crippen molar-refractivity contribution >= 4 is 42.3 Å². The molecule has 2 aliphatic heterocycles. The summed E-state index contributed by atoms with van der Waals surface area (Å²) in [5.74, 6) is -1.02. The molecule has 244 valence electrons. The van der Waals surface area contributed by atoms with Crippen molar-refractivity contribution in [2.45, 2.75) is 49.8 Å². The van der Waals surface area contributed by atoms with Gasteiger partial charge in [0, 0.05) is 10.6 Å². The van der Waals surface area contributed by atoms with Gasteiger partial charge in [-0.3, -0.25) is 9.09 Å². The number of alkyl halides is 3. The van der Waals surface area contributed by atoms with Crippen molar-refractivity contribution < 1.29 is 51.3 Å². The molecule has 0 saturated carbocycles. The Balaban J connectivity index is 1.30. The number of rotatable bonds is 8. The quantitative estimate of drug-likeness (QED) is 0.155. The molecule has 4 heterocycles. The number of nitrogens with zero attached hydrogens (tertiary/aromatic N) is 4. The molecule has 4 aromatic rings. The van der Waals surface area contributed by atoms with Gasteiger partial charge in [-0.15, -0.1) is 0 Å². The van der Waals surface area contributed by atoms with Crippen LogP contribution in [0.1, 0.15) is 35.9 Å². The first-order valence-corrected chi connectivity index (χ1v) is 15.4. The molecule has 6 atom stereocenters. The zero-order chi connectivity index (χ0) is 33.0. The van der Waals surface area contributed by atoms with Crippen LogP contribution in [0.2, 0.25) is 5.02 Å². The topological polar surface area (TPSA) is 193 Å². The van der Waals surface area contributed by atoms with Gasteiger partial charge < -0.3 is 29.9 Å². The van der Waals surface area contributed by atoms with Crippen LogP contribution in [0.25, 0.3) is 11.2 Å². The van der Waals surface area contributed by atoms with E-state index in [2.05, 4.69) is 20.0 Å². The maximum Gasteiger partial charge on any atom is 0.459 e. The summed E-state index contributed by atoms with van der Waals surface area (Å²) in [7, 11) is -4.72. The number of nitrogen functional groups attached to an aromatic ring is 1. The summed E-state index contributed by atoms with van der Waals surface area (Å²) in [4.78, 5) is 25.0. The Morgan fingerprint density at radius 2 is 1.96 bits per heavy atom. The van der Waals surface area contributed by atoms with Gasteiger partial charge in [-0.2, -0.15) is 18.3 Å². The van der Waals surface area contributed by atoms with E-state index in [0.717, 1.165) is 12.1 Å². The molecule has 0 spiro atoms. The molecule has 0 aliphatic carbocycles. The van der Waals surface area contributed by atoms with Crippen molar-refractivity contribution in [3.63, 3.8) is 0 Å². The molecule has 2 aliphatic rings. The number of benzene rings is 2. The van der Waals surface area contributed by atoms with Crippen LogP contribution < -0.4 is 15.3 Å². The van der Waals surface area contributed by atoms with Gasteiger partial charge >= 0.3 is 19.9 Å². The maximum absolute atomic E-state index is 14.3. The summed E-state index contributed by atoms with van der Waals surface area (Å²) in [5.41, 5.74) is 2.77. The van der Waals surface area contributed by atoms with E-state index < -0.39 is 68.7 Å². The van der Waals surface area contributed by atoms with Crippen molar-refractivity contribution in [1.82, 2.24) is 24.6 Å². The number of cyclic esters (lactones) is 1. The van der Waals surface area contributed by atoms with E-state index in [1.807, 2.05) is 0 Å². The second-order valence-corrected chi connectivity index (χ2v) is 12.8.